The Morgan fingerprint density at radius 2 is 2.17 bits per heavy atom. The van der Waals surface area contributed by atoms with Crippen LogP contribution in [-0.4, -0.2) is 5.97 Å². The maximum atomic E-state index is 11.7. The van der Waals surface area contributed by atoms with Gasteiger partial charge in [-0.2, -0.15) is 4.73 Å². The molecule has 0 saturated carbocycles. The fourth-order valence-corrected chi connectivity index (χ4v) is 1.59. The van der Waals surface area contributed by atoms with Crippen molar-refractivity contribution >= 4 is 5.97 Å². The summed E-state index contributed by atoms with van der Waals surface area (Å²) in [4.78, 5) is 11.7. The predicted octanol–water partition coefficient (Wildman–Crippen LogP) is 1.99. The van der Waals surface area contributed by atoms with Crippen LogP contribution in [0.5, 0.6) is 0 Å². The highest BCUT2D eigenvalue weighted by atomic mass is 16.5. The van der Waals surface area contributed by atoms with Gasteiger partial charge in [-0.15, -0.1) is 0 Å². The first kappa shape index (κ1) is 12.1. The zero-order valence-electron chi connectivity index (χ0n) is 10.00. The topological polar surface area (TPSA) is 53.2 Å². The maximum absolute atomic E-state index is 11.7. The minimum absolute atomic E-state index is 0.0931. The summed E-state index contributed by atoms with van der Waals surface area (Å²) in [5.74, 6) is -0.389. The summed E-state index contributed by atoms with van der Waals surface area (Å²) in [5.41, 5.74) is 2.18. The van der Waals surface area contributed by atoms with E-state index in [2.05, 4.69) is 0 Å². The second-order valence-electron chi connectivity index (χ2n) is 4.02. The molecule has 0 bridgehead atoms. The number of rotatable bonds is 3. The van der Waals surface area contributed by atoms with E-state index in [-0.39, 0.29) is 12.6 Å². The second-order valence-corrected chi connectivity index (χ2v) is 4.02. The Morgan fingerprint density at radius 1 is 1.33 bits per heavy atom. The van der Waals surface area contributed by atoms with E-state index >= 15 is 0 Å². The first-order valence-electron chi connectivity index (χ1n) is 5.56. The van der Waals surface area contributed by atoms with Crippen molar-refractivity contribution < 1.29 is 14.3 Å². The van der Waals surface area contributed by atoms with Crippen molar-refractivity contribution in [3.05, 3.63) is 70.7 Å². The lowest BCUT2D eigenvalue weighted by Gasteiger charge is -2.05. The Bertz CT molecular complexity index is 566. The van der Waals surface area contributed by atoms with Gasteiger partial charge in [-0.25, -0.2) is 4.79 Å². The third-order valence-electron chi connectivity index (χ3n) is 2.46. The van der Waals surface area contributed by atoms with Crippen molar-refractivity contribution in [2.24, 2.45) is 0 Å². The van der Waals surface area contributed by atoms with Crippen LogP contribution < -0.4 is 4.73 Å². The highest BCUT2D eigenvalue weighted by Gasteiger charge is 2.08. The van der Waals surface area contributed by atoms with Crippen molar-refractivity contribution in [3.8, 4) is 0 Å². The number of ether oxygens (including phenoxy) is 1. The molecule has 0 aliphatic rings. The molecule has 0 fully saturated rings. The molecule has 0 radical (unpaired) electrons. The largest absolute Gasteiger partial charge is 0.619 e. The molecule has 0 spiro atoms. The van der Waals surface area contributed by atoms with E-state index in [9.17, 15) is 10.0 Å². The molecule has 0 aliphatic heterocycles. The van der Waals surface area contributed by atoms with Crippen LogP contribution in [0.15, 0.2) is 48.8 Å². The normalized spacial score (nSPS) is 10.1. The van der Waals surface area contributed by atoms with Crippen LogP contribution in [0.4, 0.5) is 0 Å². The number of esters is 1. The first-order valence-corrected chi connectivity index (χ1v) is 5.56. The summed E-state index contributed by atoms with van der Waals surface area (Å²) in [7, 11) is 0. The predicted molar refractivity (Wildman–Crippen MR) is 65.7 cm³/mol. The van der Waals surface area contributed by atoms with Crippen molar-refractivity contribution in [1.29, 1.82) is 0 Å². The number of aromatic nitrogens is 1. The van der Waals surface area contributed by atoms with E-state index in [1.807, 2.05) is 13.0 Å². The molecule has 4 nitrogen and oxygen atoms in total. The highest BCUT2D eigenvalue weighted by molar-refractivity contribution is 5.89. The van der Waals surface area contributed by atoms with Gasteiger partial charge in [-0.1, -0.05) is 17.7 Å². The number of aryl methyl sites for hydroxylation is 1. The van der Waals surface area contributed by atoms with Crippen LogP contribution in [-0.2, 0) is 11.3 Å². The number of carbonyl (C=O) groups is 1. The van der Waals surface area contributed by atoms with Gasteiger partial charge in [0.15, 0.2) is 12.4 Å². The lowest BCUT2D eigenvalue weighted by atomic mass is 10.1. The Labute approximate surface area is 105 Å². The van der Waals surface area contributed by atoms with E-state index in [4.69, 9.17) is 4.74 Å². The fraction of sp³-hybridized carbons (Fsp3) is 0.143. The average Bonchev–Trinajstić information content (AvgIpc) is 2.36. The van der Waals surface area contributed by atoms with Crippen molar-refractivity contribution in [2.45, 2.75) is 13.5 Å². The van der Waals surface area contributed by atoms with Crippen LogP contribution in [0, 0.1) is 12.1 Å². The van der Waals surface area contributed by atoms with Gasteiger partial charge in [0.05, 0.1) is 11.1 Å². The van der Waals surface area contributed by atoms with E-state index in [1.54, 1.807) is 30.3 Å². The summed E-state index contributed by atoms with van der Waals surface area (Å²) in [6, 6.07) is 10.5. The van der Waals surface area contributed by atoms with E-state index in [0.29, 0.717) is 15.9 Å². The van der Waals surface area contributed by atoms with Gasteiger partial charge in [-0.05, 0) is 25.1 Å². The van der Waals surface area contributed by atoms with Gasteiger partial charge >= 0.3 is 5.97 Å². The number of nitrogens with zero attached hydrogens (tertiary/aromatic N) is 1. The Kier molecular flexibility index (Phi) is 3.57. The molecule has 1 heterocycles. The average molecular weight is 243 g/mol. The van der Waals surface area contributed by atoms with E-state index < -0.39 is 0 Å². The molecule has 0 aliphatic carbocycles. The minimum atomic E-state index is -0.389. The smallest absolute Gasteiger partial charge is 0.338 e. The molecule has 2 rings (SSSR count). The molecular weight excluding hydrogens is 230 g/mol. The highest BCUT2D eigenvalue weighted by Crippen LogP contribution is 2.07. The molecule has 92 valence electrons. The number of carbonyl (C=O) groups excluding carboxylic acids is 1. The number of benzene rings is 1. The monoisotopic (exact) mass is 243 g/mol. The van der Waals surface area contributed by atoms with Crippen molar-refractivity contribution in [3.63, 3.8) is 0 Å². The molecule has 1 aromatic heterocycles. The molecule has 18 heavy (non-hydrogen) atoms. The van der Waals surface area contributed by atoms with E-state index in [1.165, 1.54) is 12.4 Å². The number of hydrogen-bond acceptors (Lipinski definition) is 3. The zero-order chi connectivity index (χ0) is 13.0. The second kappa shape index (κ2) is 5.31. The van der Waals surface area contributed by atoms with Gasteiger partial charge in [-0.3, -0.25) is 0 Å². The van der Waals surface area contributed by atoms with Gasteiger partial charge in [0.2, 0.25) is 0 Å². The number of pyridine rings is 1. The molecule has 0 N–H and O–H groups in total. The Morgan fingerprint density at radius 3 is 2.89 bits per heavy atom. The maximum Gasteiger partial charge on any atom is 0.338 e. The SMILES string of the molecule is Cc1cccc(C(=O)OCc2ccc[n+]([O-])c2)c1. The standard InChI is InChI=1S/C14H13NO3/c1-11-4-2-6-13(8-11)14(16)18-10-12-5-3-7-15(17)9-12/h2-9H,10H2,1H3. The van der Waals surface area contributed by atoms with Crippen LogP contribution in [0.3, 0.4) is 0 Å². The van der Waals surface area contributed by atoms with Crippen molar-refractivity contribution in [2.75, 3.05) is 0 Å². The summed E-state index contributed by atoms with van der Waals surface area (Å²) in [5, 5.41) is 11.0. The summed E-state index contributed by atoms with van der Waals surface area (Å²) in [6.45, 7) is 2.00. The number of hydrogen-bond donors (Lipinski definition) is 0. The van der Waals surface area contributed by atoms with Crippen LogP contribution in [0.1, 0.15) is 21.5 Å². The third kappa shape index (κ3) is 3.07. The quantitative estimate of drug-likeness (QED) is 0.470. The van der Waals surface area contributed by atoms with Gasteiger partial charge < -0.3 is 9.94 Å². The summed E-state index contributed by atoms with van der Waals surface area (Å²) in [6.07, 6.45) is 2.76. The van der Waals surface area contributed by atoms with Crippen molar-refractivity contribution in [1.82, 2.24) is 0 Å². The molecule has 4 heteroatoms. The van der Waals surface area contributed by atoms with Crippen LogP contribution >= 0.6 is 0 Å². The zero-order valence-corrected chi connectivity index (χ0v) is 10.00. The molecule has 0 atom stereocenters. The molecular formula is C14H13NO3. The molecule has 1 aromatic carbocycles. The summed E-state index contributed by atoms with van der Waals surface area (Å²) >= 11 is 0. The Balaban J connectivity index is 2.00. The lowest BCUT2D eigenvalue weighted by molar-refractivity contribution is -0.606. The van der Waals surface area contributed by atoms with Crippen LogP contribution in [0.2, 0.25) is 0 Å². The molecule has 0 unspecified atom stereocenters. The van der Waals surface area contributed by atoms with Gasteiger partial charge in [0, 0.05) is 6.07 Å². The summed E-state index contributed by atoms with van der Waals surface area (Å²) < 4.78 is 5.81. The third-order valence-corrected chi connectivity index (χ3v) is 2.46. The Hall–Kier alpha value is -2.36. The lowest BCUT2D eigenvalue weighted by Crippen LogP contribution is -2.25. The molecule has 0 saturated heterocycles. The van der Waals surface area contributed by atoms with E-state index in [0.717, 1.165) is 5.56 Å². The van der Waals surface area contributed by atoms with Gasteiger partial charge in [0.1, 0.15) is 6.61 Å². The fourth-order valence-electron chi connectivity index (χ4n) is 1.59. The molecule has 0 amide bonds. The minimum Gasteiger partial charge on any atom is -0.619 e. The molecule has 2 aromatic rings. The van der Waals surface area contributed by atoms with Gasteiger partial charge in [0.25, 0.3) is 0 Å². The van der Waals surface area contributed by atoms with Crippen LogP contribution in [0.25, 0.3) is 0 Å². The first-order chi connectivity index (χ1) is 8.65.